The Morgan fingerprint density at radius 3 is 2.18 bits per heavy atom. The molecule has 2 heteroatoms. The molecule has 0 aliphatic heterocycles. The van der Waals surface area contributed by atoms with Gasteiger partial charge in [-0.3, -0.25) is 4.90 Å². The Morgan fingerprint density at radius 1 is 1.18 bits per heavy atom. The van der Waals surface area contributed by atoms with Gasteiger partial charge < -0.3 is 5.73 Å². The van der Waals surface area contributed by atoms with Crippen molar-refractivity contribution in [1.29, 1.82) is 0 Å². The minimum Gasteiger partial charge on any atom is -0.329 e. The minimum absolute atomic E-state index is 0.175. The van der Waals surface area contributed by atoms with Crippen molar-refractivity contribution in [3.63, 3.8) is 0 Å². The lowest BCUT2D eigenvalue weighted by Crippen LogP contribution is -2.55. The van der Waals surface area contributed by atoms with Crippen LogP contribution in [0.25, 0.3) is 0 Å². The molecular formula is C15H24N2. The van der Waals surface area contributed by atoms with Gasteiger partial charge in [0.25, 0.3) is 0 Å². The number of hydrogen-bond acceptors (Lipinski definition) is 2. The van der Waals surface area contributed by atoms with Crippen molar-refractivity contribution in [2.45, 2.75) is 38.6 Å². The van der Waals surface area contributed by atoms with Gasteiger partial charge in [-0.1, -0.05) is 38.1 Å². The first-order valence-corrected chi connectivity index (χ1v) is 6.77. The fraction of sp³-hybridized carbons (Fsp3) is 0.600. The van der Waals surface area contributed by atoms with Crippen LogP contribution in [0, 0.1) is 0 Å². The summed E-state index contributed by atoms with van der Waals surface area (Å²) in [6, 6.07) is 8.79. The molecule has 2 nitrogen and oxygen atoms in total. The number of likely N-dealkylation sites (N-methyl/N-ethyl adjacent to an activating group) is 1. The van der Waals surface area contributed by atoms with Crippen molar-refractivity contribution in [3.8, 4) is 0 Å². The Bertz CT molecular complexity index is 348. The molecular weight excluding hydrogens is 208 g/mol. The SMILES string of the molecule is CCCN(CC)C1(CN)Cc2ccccc2C1. The first-order valence-electron chi connectivity index (χ1n) is 6.77. The zero-order valence-electron chi connectivity index (χ0n) is 11.1. The van der Waals surface area contributed by atoms with Crippen molar-refractivity contribution >= 4 is 0 Å². The van der Waals surface area contributed by atoms with Crippen LogP contribution in [-0.2, 0) is 12.8 Å². The third-order valence-corrected chi connectivity index (χ3v) is 4.08. The molecule has 0 atom stereocenters. The maximum Gasteiger partial charge on any atom is 0.0412 e. The first-order chi connectivity index (χ1) is 8.25. The van der Waals surface area contributed by atoms with Crippen molar-refractivity contribution < 1.29 is 0 Å². The fourth-order valence-corrected chi connectivity index (χ4v) is 3.17. The third kappa shape index (κ3) is 2.24. The standard InChI is InChI=1S/C15H24N2/c1-3-9-17(4-2)15(12-16)10-13-7-5-6-8-14(13)11-15/h5-8H,3-4,9-12,16H2,1-2H3. The average Bonchev–Trinajstić information content (AvgIpc) is 2.75. The van der Waals surface area contributed by atoms with Crippen LogP contribution in [-0.4, -0.2) is 30.1 Å². The van der Waals surface area contributed by atoms with E-state index in [1.54, 1.807) is 0 Å². The summed E-state index contributed by atoms with van der Waals surface area (Å²) in [5, 5.41) is 0. The van der Waals surface area contributed by atoms with Crippen molar-refractivity contribution in [1.82, 2.24) is 4.90 Å². The van der Waals surface area contributed by atoms with E-state index in [-0.39, 0.29) is 5.54 Å². The summed E-state index contributed by atoms with van der Waals surface area (Å²) in [6.07, 6.45) is 3.44. The third-order valence-electron chi connectivity index (χ3n) is 4.08. The summed E-state index contributed by atoms with van der Waals surface area (Å²) in [5.74, 6) is 0. The van der Waals surface area contributed by atoms with Gasteiger partial charge in [0.05, 0.1) is 0 Å². The molecule has 1 aromatic carbocycles. The van der Waals surface area contributed by atoms with E-state index < -0.39 is 0 Å². The predicted molar refractivity (Wildman–Crippen MR) is 73.2 cm³/mol. The minimum atomic E-state index is 0.175. The number of benzene rings is 1. The lowest BCUT2D eigenvalue weighted by Gasteiger charge is -2.40. The lowest BCUT2D eigenvalue weighted by atomic mass is 9.93. The highest BCUT2D eigenvalue weighted by molar-refractivity contribution is 5.36. The Kier molecular flexibility index (Phi) is 3.85. The van der Waals surface area contributed by atoms with Crippen LogP contribution in [0.5, 0.6) is 0 Å². The Hall–Kier alpha value is -0.860. The summed E-state index contributed by atoms with van der Waals surface area (Å²) < 4.78 is 0. The van der Waals surface area contributed by atoms with Crippen LogP contribution >= 0.6 is 0 Å². The van der Waals surface area contributed by atoms with E-state index in [4.69, 9.17) is 5.73 Å². The maximum absolute atomic E-state index is 6.11. The molecule has 0 unspecified atom stereocenters. The second-order valence-corrected chi connectivity index (χ2v) is 5.13. The normalized spacial score (nSPS) is 17.4. The molecule has 0 aromatic heterocycles. The van der Waals surface area contributed by atoms with Gasteiger partial charge in [0.1, 0.15) is 0 Å². The molecule has 0 amide bonds. The van der Waals surface area contributed by atoms with Crippen LogP contribution in [0.1, 0.15) is 31.4 Å². The molecule has 2 N–H and O–H groups in total. The molecule has 1 aliphatic rings. The summed E-state index contributed by atoms with van der Waals surface area (Å²) in [7, 11) is 0. The Morgan fingerprint density at radius 2 is 1.76 bits per heavy atom. The molecule has 1 aliphatic carbocycles. The average molecular weight is 232 g/mol. The predicted octanol–water partition coefficient (Wildman–Crippen LogP) is 2.21. The summed E-state index contributed by atoms with van der Waals surface area (Å²) >= 11 is 0. The van der Waals surface area contributed by atoms with Crippen LogP contribution < -0.4 is 5.73 Å². The quantitative estimate of drug-likeness (QED) is 0.843. The van der Waals surface area contributed by atoms with Crippen LogP contribution in [0.2, 0.25) is 0 Å². The zero-order valence-corrected chi connectivity index (χ0v) is 11.1. The van der Waals surface area contributed by atoms with E-state index in [9.17, 15) is 0 Å². The molecule has 0 fully saturated rings. The molecule has 1 aromatic rings. The van der Waals surface area contributed by atoms with E-state index in [2.05, 4.69) is 43.0 Å². The van der Waals surface area contributed by atoms with Gasteiger partial charge >= 0.3 is 0 Å². The summed E-state index contributed by atoms with van der Waals surface area (Å²) in [4.78, 5) is 2.58. The fourth-order valence-electron chi connectivity index (χ4n) is 3.17. The van der Waals surface area contributed by atoms with Crippen molar-refractivity contribution in [2.75, 3.05) is 19.6 Å². The first kappa shape index (κ1) is 12.6. The lowest BCUT2D eigenvalue weighted by molar-refractivity contribution is 0.109. The van der Waals surface area contributed by atoms with Crippen LogP contribution in [0.15, 0.2) is 24.3 Å². The summed E-state index contributed by atoms with van der Waals surface area (Å²) in [6.45, 7) is 7.50. The van der Waals surface area contributed by atoms with Crippen molar-refractivity contribution in [3.05, 3.63) is 35.4 Å². The molecule has 0 spiro atoms. The molecule has 0 bridgehead atoms. The van der Waals surface area contributed by atoms with E-state index in [0.717, 1.165) is 32.5 Å². The molecule has 0 radical (unpaired) electrons. The van der Waals surface area contributed by atoms with Gasteiger partial charge in [0.15, 0.2) is 0 Å². The second-order valence-electron chi connectivity index (χ2n) is 5.13. The molecule has 0 saturated heterocycles. The molecule has 0 saturated carbocycles. The maximum atomic E-state index is 6.11. The Balaban J connectivity index is 2.24. The van der Waals surface area contributed by atoms with E-state index >= 15 is 0 Å². The van der Waals surface area contributed by atoms with E-state index in [1.807, 2.05) is 0 Å². The molecule has 0 heterocycles. The Labute approximate surface area is 105 Å². The smallest absolute Gasteiger partial charge is 0.0412 e. The summed E-state index contributed by atoms with van der Waals surface area (Å²) in [5.41, 5.74) is 9.27. The highest BCUT2D eigenvalue weighted by Gasteiger charge is 2.39. The van der Waals surface area contributed by atoms with Gasteiger partial charge in [-0.2, -0.15) is 0 Å². The van der Waals surface area contributed by atoms with Crippen LogP contribution in [0.3, 0.4) is 0 Å². The number of rotatable bonds is 5. The largest absolute Gasteiger partial charge is 0.329 e. The van der Waals surface area contributed by atoms with Gasteiger partial charge in [0, 0.05) is 12.1 Å². The monoisotopic (exact) mass is 232 g/mol. The number of fused-ring (bicyclic) bond motifs is 1. The zero-order chi connectivity index (χ0) is 12.3. The van der Waals surface area contributed by atoms with E-state index in [1.165, 1.54) is 17.5 Å². The molecule has 2 rings (SSSR count). The van der Waals surface area contributed by atoms with Gasteiger partial charge in [-0.15, -0.1) is 0 Å². The number of nitrogens with zero attached hydrogens (tertiary/aromatic N) is 1. The topological polar surface area (TPSA) is 29.3 Å². The van der Waals surface area contributed by atoms with Gasteiger partial charge in [0.2, 0.25) is 0 Å². The van der Waals surface area contributed by atoms with Gasteiger partial charge in [-0.25, -0.2) is 0 Å². The molecule has 94 valence electrons. The number of hydrogen-bond donors (Lipinski definition) is 1. The second kappa shape index (κ2) is 5.19. The highest BCUT2D eigenvalue weighted by atomic mass is 15.2. The highest BCUT2D eigenvalue weighted by Crippen LogP contribution is 2.34. The van der Waals surface area contributed by atoms with Crippen molar-refractivity contribution in [2.24, 2.45) is 5.73 Å². The van der Waals surface area contributed by atoms with Gasteiger partial charge in [-0.05, 0) is 43.5 Å². The molecule has 17 heavy (non-hydrogen) atoms. The van der Waals surface area contributed by atoms with Crippen LogP contribution in [0.4, 0.5) is 0 Å². The van der Waals surface area contributed by atoms with E-state index in [0.29, 0.717) is 0 Å². The number of nitrogens with two attached hydrogens (primary N) is 1.